The normalized spacial score (nSPS) is 11.1. The predicted molar refractivity (Wildman–Crippen MR) is 124 cm³/mol. The zero-order valence-corrected chi connectivity index (χ0v) is 18.1. The van der Waals surface area contributed by atoms with E-state index >= 15 is 0 Å². The molecule has 32 heavy (non-hydrogen) atoms. The molecule has 0 aliphatic heterocycles. The van der Waals surface area contributed by atoms with E-state index in [2.05, 4.69) is 25.3 Å². The molecule has 5 aromatic rings. The van der Waals surface area contributed by atoms with Crippen LogP contribution in [0.25, 0.3) is 33.7 Å². The molecule has 8 heteroatoms. The van der Waals surface area contributed by atoms with Crippen LogP contribution in [0.4, 0.5) is 5.69 Å². The van der Waals surface area contributed by atoms with Crippen molar-refractivity contribution < 1.29 is 9.21 Å². The zero-order chi connectivity index (χ0) is 22.2. The molecule has 0 spiro atoms. The minimum atomic E-state index is -0.345. The highest BCUT2D eigenvalue weighted by Crippen LogP contribution is 2.31. The van der Waals surface area contributed by atoms with Crippen molar-refractivity contribution in [1.29, 1.82) is 0 Å². The monoisotopic (exact) mass is 443 g/mol. The highest BCUT2D eigenvalue weighted by molar-refractivity contribution is 6.33. The van der Waals surface area contributed by atoms with Crippen LogP contribution in [0.1, 0.15) is 21.9 Å². The molecule has 0 aliphatic carbocycles. The van der Waals surface area contributed by atoms with Gasteiger partial charge in [0.1, 0.15) is 5.82 Å². The summed E-state index contributed by atoms with van der Waals surface area (Å²) in [6.07, 6.45) is 3.25. The van der Waals surface area contributed by atoms with E-state index in [1.807, 2.05) is 32.0 Å². The van der Waals surface area contributed by atoms with E-state index < -0.39 is 0 Å². The van der Waals surface area contributed by atoms with Crippen molar-refractivity contribution in [3.8, 4) is 22.5 Å². The average molecular weight is 444 g/mol. The van der Waals surface area contributed by atoms with Crippen LogP contribution in [0.3, 0.4) is 0 Å². The number of benzene rings is 1. The van der Waals surface area contributed by atoms with Crippen molar-refractivity contribution in [2.24, 2.45) is 0 Å². The van der Waals surface area contributed by atoms with E-state index in [0.29, 0.717) is 27.7 Å². The molecule has 0 bridgehead atoms. The van der Waals surface area contributed by atoms with Crippen LogP contribution in [0.15, 0.2) is 65.4 Å². The molecule has 0 unspecified atom stereocenters. The number of aryl methyl sites for hydroxylation is 2. The number of nitrogens with one attached hydrogen (secondary N) is 2. The van der Waals surface area contributed by atoms with Gasteiger partial charge in [0, 0.05) is 34.4 Å². The number of carbonyl (C=O) groups excluding carboxylic acids is 1. The zero-order valence-electron chi connectivity index (χ0n) is 17.3. The van der Waals surface area contributed by atoms with Crippen LogP contribution in [-0.2, 0) is 0 Å². The molecule has 0 radical (unpaired) electrons. The molecule has 0 atom stereocenters. The third-order valence-electron chi connectivity index (χ3n) is 4.98. The lowest BCUT2D eigenvalue weighted by molar-refractivity contribution is 0.0996. The fourth-order valence-electron chi connectivity index (χ4n) is 3.57. The van der Waals surface area contributed by atoms with Gasteiger partial charge in [0.25, 0.3) is 5.91 Å². The molecule has 0 fully saturated rings. The number of carbonyl (C=O) groups is 1. The summed E-state index contributed by atoms with van der Waals surface area (Å²) in [5.41, 5.74) is 6.49. The van der Waals surface area contributed by atoms with Gasteiger partial charge in [-0.25, -0.2) is 9.97 Å². The molecule has 0 aliphatic rings. The summed E-state index contributed by atoms with van der Waals surface area (Å²) in [5.74, 6) is 0.441. The molecule has 1 amide bonds. The molecule has 1 aromatic carbocycles. The average Bonchev–Trinajstić information content (AvgIpc) is 3.44. The maximum Gasteiger partial charge on any atom is 0.291 e. The lowest BCUT2D eigenvalue weighted by atomic mass is 10.1. The van der Waals surface area contributed by atoms with Crippen LogP contribution in [0, 0.1) is 13.8 Å². The first-order chi connectivity index (χ1) is 15.5. The summed E-state index contributed by atoms with van der Waals surface area (Å²) in [6, 6.07) is 14.5. The van der Waals surface area contributed by atoms with E-state index in [0.717, 1.165) is 28.0 Å². The van der Waals surface area contributed by atoms with Gasteiger partial charge >= 0.3 is 0 Å². The predicted octanol–water partition coefficient (Wildman–Crippen LogP) is 5.80. The minimum Gasteiger partial charge on any atom is -0.459 e. The van der Waals surface area contributed by atoms with E-state index in [1.165, 1.54) is 6.26 Å². The van der Waals surface area contributed by atoms with Crippen molar-refractivity contribution >= 4 is 34.4 Å². The quantitative estimate of drug-likeness (QED) is 0.365. The number of hydrogen-bond acceptors (Lipinski definition) is 5. The van der Waals surface area contributed by atoms with Crippen LogP contribution in [-0.4, -0.2) is 25.8 Å². The van der Waals surface area contributed by atoms with Gasteiger partial charge in [0.05, 0.1) is 16.8 Å². The van der Waals surface area contributed by atoms with Gasteiger partial charge in [-0.2, -0.15) is 0 Å². The number of imidazole rings is 1. The Bertz CT molecular complexity index is 1440. The second-order valence-corrected chi connectivity index (χ2v) is 7.85. The molecule has 158 valence electrons. The standard InChI is InChI=1S/C24H18ClN5O2/c1-13-8-15(9-14(2)27-13)16-10-20-23(26-12-16)30-22(29-20)18-11-17(5-6-19(18)25)28-24(31)21-4-3-7-32-21/h3-12H,1-2H3,(H,28,31)(H,26,29,30). The molecule has 0 saturated carbocycles. The van der Waals surface area contributed by atoms with Crippen LogP contribution >= 0.6 is 11.6 Å². The van der Waals surface area contributed by atoms with Crippen LogP contribution in [0.2, 0.25) is 5.02 Å². The third-order valence-corrected chi connectivity index (χ3v) is 5.31. The number of halogens is 1. The third kappa shape index (κ3) is 3.86. The van der Waals surface area contributed by atoms with Gasteiger partial charge in [-0.15, -0.1) is 0 Å². The molecular formula is C24H18ClN5O2. The number of rotatable bonds is 4. The van der Waals surface area contributed by atoms with Gasteiger partial charge in [-0.1, -0.05) is 11.6 Å². The highest BCUT2D eigenvalue weighted by atomic mass is 35.5. The van der Waals surface area contributed by atoms with E-state index in [9.17, 15) is 4.79 Å². The number of furan rings is 1. The second-order valence-electron chi connectivity index (χ2n) is 7.45. The Hall–Kier alpha value is -3.97. The first-order valence-electron chi connectivity index (χ1n) is 9.92. The Morgan fingerprint density at radius 1 is 1.03 bits per heavy atom. The Balaban J connectivity index is 1.50. The van der Waals surface area contributed by atoms with Gasteiger partial charge in [0.15, 0.2) is 11.4 Å². The minimum absolute atomic E-state index is 0.226. The van der Waals surface area contributed by atoms with Crippen molar-refractivity contribution in [2.45, 2.75) is 13.8 Å². The number of aromatic nitrogens is 4. The largest absolute Gasteiger partial charge is 0.459 e. The summed E-state index contributed by atoms with van der Waals surface area (Å²) in [6.45, 7) is 3.94. The lowest BCUT2D eigenvalue weighted by Gasteiger charge is -2.07. The van der Waals surface area contributed by atoms with Crippen LogP contribution < -0.4 is 5.32 Å². The maximum absolute atomic E-state index is 12.3. The fraction of sp³-hybridized carbons (Fsp3) is 0.0833. The number of nitrogens with zero attached hydrogens (tertiary/aromatic N) is 3. The van der Waals surface area contributed by atoms with Crippen molar-refractivity contribution in [1.82, 2.24) is 19.9 Å². The summed E-state index contributed by atoms with van der Waals surface area (Å²) in [7, 11) is 0. The van der Waals surface area contributed by atoms with Crippen molar-refractivity contribution in [2.75, 3.05) is 5.32 Å². The summed E-state index contributed by atoms with van der Waals surface area (Å²) < 4.78 is 5.14. The van der Waals surface area contributed by atoms with Crippen molar-refractivity contribution in [3.05, 3.63) is 83.2 Å². The fourth-order valence-corrected chi connectivity index (χ4v) is 3.78. The van der Waals surface area contributed by atoms with Gasteiger partial charge in [0.2, 0.25) is 0 Å². The number of pyridine rings is 2. The molecule has 4 heterocycles. The smallest absolute Gasteiger partial charge is 0.291 e. The molecule has 4 aromatic heterocycles. The van der Waals surface area contributed by atoms with Crippen LogP contribution in [0.5, 0.6) is 0 Å². The van der Waals surface area contributed by atoms with E-state index in [4.69, 9.17) is 16.0 Å². The first kappa shape index (κ1) is 20.0. The molecule has 2 N–H and O–H groups in total. The van der Waals surface area contributed by atoms with E-state index in [-0.39, 0.29) is 11.7 Å². The Kier molecular flexibility index (Phi) is 4.95. The molecule has 7 nitrogen and oxygen atoms in total. The topological polar surface area (TPSA) is 96.7 Å². The number of hydrogen-bond donors (Lipinski definition) is 2. The number of aromatic amines is 1. The number of amides is 1. The van der Waals surface area contributed by atoms with Crippen molar-refractivity contribution in [3.63, 3.8) is 0 Å². The highest BCUT2D eigenvalue weighted by Gasteiger charge is 2.14. The lowest BCUT2D eigenvalue weighted by Crippen LogP contribution is -2.10. The van der Waals surface area contributed by atoms with Gasteiger partial charge < -0.3 is 14.7 Å². The molecule has 0 saturated heterocycles. The summed E-state index contributed by atoms with van der Waals surface area (Å²) in [4.78, 5) is 29.1. The Labute approximate surface area is 188 Å². The molecule has 5 rings (SSSR count). The maximum atomic E-state index is 12.3. The summed E-state index contributed by atoms with van der Waals surface area (Å²) >= 11 is 6.44. The Morgan fingerprint density at radius 3 is 2.59 bits per heavy atom. The SMILES string of the molecule is Cc1cc(-c2cnc3nc(-c4cc(NC(=O)c5ccco5)ccc4Cl)[nH]c3c2)cc(C)n1. The number of anilines is 1. The second kappa shape index (κ2) is 7.94. The number of H-pyrrole nitrogens is 1. The Morgan fingerprint density at radius 2 is 1.84 bits per heavy atom. The first-order valence-corrected chi connectivity index (χ1v) is 10.3. The van der Waals surface area contributed by atoms with Gasteiger partial charge in [-0.3, -0.25) is 9.78 Å². The summed E-state index contributed by atoms with van der Waals surface area (Å²) in [5, 5.41) is 3.30. The van der Waals surface area contributed by atoms with Gasteiger partial charge in [-0.05, 0) is 67.9 Å². The number of fused-ring (bicyclic) bond motifs is 1. The molecular weight excluding hydrogens is 426 g/mol. The van der Waals surface area contributed by atoms with E-state index in [1.54, 1.807) is 36.5 Å².